The van der Waals surface area contributed by atoms with Gasteiger partial charge in [-0.3, -0.25) is 4.90 Å². The summed E-state index contributed by atoms with van der Waals surface area (Å²) in [6.45, 7) is 7.97. The average molecular weight is 308 g/mol. The number of carbonyl (C=O) groups excluding carboxylic acids is 2. The SMILES string of the molecule is CCOC(=O)NC(C)(C)CN(C(=O)OCC)c1ccccc1. The predicted molar refractivity (Wildman–Crippen MR) is 85.0 cm³/mol. The van der Waals surface area contributed by atoms with Crippen molar-refractivity contribution in [3.8, 4) is 0 Å². The summed E-state index contributed by atoms with van der Waals surface area (Å²) in [7, 11) is 0. The Bertz CT molecular complexity index is 488. The van der Waals surface area contributed by atoms with E-state index in [9.17, 15) is 9.59 Å². The topological polar surface area (TPSA) is 67.9 Å². The van der Waals surface area contributed by atoms with Crippen molar-refractivity contribution in [2.24, 2.45) is 0 Å². The van der Waals surface area contributed by atoms with E-state index in [1.165, 1.54) is 4.90 Å². The van der Waals surface area contributed by atoms with Crippen LogP contribution in [0.15, 0.2) is 30.3 Å². The fourth-order valence-electron chi connectivity index (χ4n) is 1.95. The molecule has 0 heterocycles. The first-order valence-corrected chi connectivity index (χ1v) is 7.34. The maximum atomic E-state index is 12.2. The molecule has 0 saturated heterocycles. The number of hydrogen-bond donors (Lipinski definition) is 1. The van der Waals surface area contributed by atoms with Gasteiger partial charge in [0.25, 0.3) is 0 Å². The average Bonchev–Trinajstić information content (AvgIpc) is 2.45. The van der Waals surface area contributed by atoms with E-state index in [0.717, 1.165) is 0 Å². The van der Waals surface area contributed by atoms with Crippen LogP contribution >= 0.6 is 0 Å². The largest absolute Gasteiger partial charge is 0.450 e. The zero-order chi connectivity index (χ0) is 16.6. The minimum absolute atomic E-state index is 0.259. The van der Waals surface area contributed by atoms with E-state index in [1.807, 2.05) is 44.2 Å². The molecule has 6 nitrogen and oxygen atoms in total. The summed E-state index contributed by atoms with van der Waals surface area (Å²) in [6.07, 6.45) is -0.961. The van der Waals surface area contributed by atoms with E-state index >= 15 is 0 Å². The van der Waals surface area contributed by atoms with Gasteiger partial charge in [0.2, 0.25) is 0 Å². The number of hydrogen-bond acceptors (Lipinski definition) is 4. The van der Waals surface area contributed by atoms with Gasteiger partial charge in [-0.25, -0.2) is 9.59 Å². The van der Waals surface area contributed by atoms with Crippen LogP contribution in [0.2, 0.25) is 0 Å². The summed E-state index contributed by atoms with van der Waals surface area (Å²) in [5, 5.41) is 2.74. The normalized spacial score (nSPS) is 10.7. The molecule has 1 rings (SSSR count). The molecule has 0 spiro atoms. The van der Waals surface area contributed by atoms with Crippen LogP contribution in [-0.2, 0) is 9.47 Å². The van der Waals surface area contributed by atoms with Gasteiger partial charge in [-0.2, -0.15) is 0 Å². The lowest BCUT2D eigenvalue weighted by molar-refractivity contribution is 0.139. The molecule has 0 atom stereocenters. The van der Waals surface area contributed by atoms with Crippen LogP contribution in [0.3, 0.4) is 0 Å². The predicted octanol–water partition coefficient (Wildman–Crippen LogP) is 3.17. The molecule has 6 heteroatoms. The Labute approximate surface area is 131 Å². The molecule has 22 heavy (non-hydrogen) atoms. The third kappa shape index (κ3) is 5.63. The second kappa shape index (κ2) is 8.26. The Hall–Kier alpha value is -2.24. The number of anilines is 1. The Kier molecular flexibility index (Phi) is 6.69. The van der Waals surface area contributed by atoms with E-state index in [4.69, 9.17) is 9.47 Å². The summed E-state index contributed by atoms with van der Waals surface area (Å²) < 4.78 is 9.99. The van der Waals surface area contributed by atoms with Gasteiger partial charge in [-0.1, -0.05) is 18.2 Å². The van der Waals surface area contributed by atoms with Crippen LogP contribution in [0.25, 0.3) is 0 Å². The van der Waals surface area contributed by atoms with Gasteiger partial charge < -0.3 is 14.8 Å². The summed E-state index contributed by atoms with van der Waals surface area (Å²) >= 11 is 0. The minimum atomic E-state index is -0.672. The second-order valence-corrected chi connectivity index (χ2v) is 5.35. The molecule has 0 aliphatic carbocycles. The molecule has 0 fully saturated rings. The van der Waals surface area contributed by atoms with Crippen LogP contribution in [0.5, 0.6) is 0 Å². The zero-order valence-electron chi connectivity index (χ0n) is 13.6. The van der Waals surface area contributed by atoms with Gasteiger partial charge in [-0.05, 0) is 39.8 Å². The molecular weight excluding hydrogens is 284 g/mol. The van der Waals surface area contributed by atoms with Crippen LogP contribution in [-0.4, -0.2) is 37.5 Å². The summed E-state index contributed by atoms with van der Waals surface area (Å²) in [6, 6.07) is 9.18. The smallest absolute Gasteiger partial charge is 0.414 e. The minimum Gasteiger partial charge on any atom is -0.450 e. The van der Waals surface area contributed by atoms with Gasteiger partial charge in [0, 0.05) is 5.69 Å². The lowest BCUT2D eigenvalue weighted by Gasteiger charge is -2.32. The highest BCUT2D eigenvalue weighted by Crippen LogP contribution is 2.18. The lowest BCUT2D eigenvalue weighted by Crippen LogP contribution is -2.53. The third-order valence-electron chi connectivity index (χ3n) is 2.83. The van der Waals surface area contributed by atoms with Gasteiger partial charge >= 0.3 is 12.2 Å². The first-order chi connectivity index (χ1) is 10.4. The fraction of sp³-hybridized carbons (Fsp3) is 0.500. The standard InChI is InChI=1S/C16H24N2O4/c1-5-21-14(19)17-16(3,4)12-18(15(20)22-6-2)13-10-8-7-9-11-13/h7-11H,5-6,12H2,1-4H3,(H,17,19). The monoisotopic (exact) mass is 308 g/mol. The highest BCUT2D eigenvalue weighted by Gasteiger charge is 2.28. The number of ether oxygens (including phenoxy) is 2. The van der Waals surface area contributed by atoms with Gasteiger partial charge in [0.05, 0.1) is 25.3 Å². The van der Waals surface area contributed by atoms with Crippen molar-refractivity contribution in [1.29, 1.82) is 0 Å². The lowest BCUT2D eigenvalue weighted by atomic mass is 10.0. The van der Waals surface area contributed by atoms with Crippen molar-refractivity contribution in [2.75, 3.05) is 24.7 Å². The van der Waals surface area contributed by atoms with E-state index in [-0.39, 0.29) is 13.2 Å². The van der Waals surface area contributed by atoms with Gasteiger partial charge in [-0.15, -0.1) is 0 Å². The quantitative estimate of drug-likeness (QED) is 0.876. The molecule has 2 amide bonds. The van der Waals surface area contributed by atoms with E-state index in [1.54, 1.807) is 13.8 Å². The number of benzene rings is 1. The number of rotatable bonds is 6. The number of alkyl carbamates (subject to hydrolysis) is 1. The molecule has 0 bridgehead atoms. The first-order valence-electron chi connectivity index (χ1n) is 7.34. The van der Waals surface area contributed by atoms with Crippen LogP contribution in [0.1, 0.15) is 27.7 Å². The molecule has 0 aliphatic heterocycles. The van der Waals surface area contributed by atoms with E-state index < -0.39 is 17.7 Å². The first kappa shape index (κ1) is 17.8. The molecule has 0 saturated carbocycles. The molecule has 1 aromatic rings. The number of nitrogens with zero attached hydrogens (tertiary/aromatic N) is 1. The van der Waals surface area contributed by atoms with Crippen molar-refractivity contribution in [1.82, 2.24) is 5.32 Å². The number of amides is 2. The van der Waals surface area contributed by atoms with Crippen molar-refractivity contribution in [2.45, 2.75) is 33.2 Å². The van der Waals surface area contributed by atoms with Crippen molar-refractivity contribution in [3.05, 3.63) is 30.3 Å². The highest BCUT2D eigenvalue weighted by atomic mass is 16.6. The maximum absolute atomic E-state index is 12.2. The highest BCUT2D eigenvalue weighted by molar-refractivity contribution is 5.87. The van der Waals surface area contributed by atoms with Crippen molar-refractivity contribution in [3.63, 3.8) is 0 Å². The van der Waals surface area contributed by atoms with Crippen molar-refractivity contribution >= 4 is 17.9 Å². The summed E-state index contributed by atoms with van der Waals surface area (Å²) in [5.74, 6) is 0. The number of para-hydroxylation sites is 1. The molecule has 122 valence electrons. The van der Waals surface area contributed by atoms with Crippen LogP contribution < -0.4 is 10.2 Å². The zero-order valence-corrected chi connectivity index (χ0v) is 13.6. The second-order valence-electron chi connectivity index (χ2n) is 5.35. The Balaban J connectivity index is 2.88. The molecule has 0 radical (unpaired) electrons. The van der Waals surface area contributed by atoms with E-state index in [2.05, 4.69) is 5.32 Å². The van der Waals surface area contributed by atoms with E-state index in [0.29, 0.717) is 12.3 Å². The Morgan fingerprint density at radius 2 is 1.68 bits per heavy atom. The molecule has 1 aromatic carbocycles. The van der Waals surface area contributed by atoms with Crippen LogP contribution in [0, 0.1) is 0 Å². The van der Waals surface area contributed by atoms with Crippen molar-refractivity contribution < 1.29 is 19.1 Å². The molecule has 1 N–H and O–H groups in total. The van der Waals surface area contributed by atoms with Gasteiger partial charge in [0.1, 0.15) is 0 Å². The maximum Gasteiger partial charge on any atom is 0.414 e. The summed E-state index contributed by atoms with van der Waals surface area (Å²) in [4.78, 5) is 25.3. The molecule has 0 aromatic heterocycles. The Morgan fingerprint density at radius 1 is 1.09 bits per heavy atom. The number of nitrogens with one attached hydrogen (secondary N) is 1. The third-order valence-corrected chi connectivity index (χ3v) is 2.83. The fourth-order valence-corrected chi connectivity index (χ4v) is 1.95. The summed E-state index contributed by atoms with van der Waals surface area (Å²) in [5.41, 5.74) is 0.0363. The molecule has 0 unspecified atom stereocenters. The molecule has 0 aliphatic rings. The van der Waals surface area contributed by atoms with Crippen LogP contribution in [0.4, 0.5) is 15.3 Å². The number of carbonyl (C=O) groups is 2. The van der Waals surface area contributed by atoms with Gasteiger partial charge in [0.15, 0.2) is 0 Å². The molecular formula is C16H24N2O4. The Morgan fingerprint density at radius 3 is 2.23 bits per heavy atom.